The Morgan fingerprint density at radius 2 is 1.61 bits per heavy atom. The monoisotopic (exact) mass is 527 g/mol. The Labute approximate surface area is 215 Å². The molecule has 0 aliphatic heterocycles. The van der Waals surface area contributed by atoms with Gasteiger partial charge in [-0.1, -0.05) is 29.3 Å². The number of amides is 2. The van der Waals surface area contributed by atoms with Crippen molar-refractivity contribution >= 4 is 45.9 Å². The van der Waals surface area contributed by atoms with Gasteiger partial charge in [-0.3, -0.25) is 9.59 Å². The molecule has 8 nitrogen and oxygen atoms in total. The lowest BCUT2D eigenvalue weighted by molar-refractivity contribution is 0.0869. The van der Waals surface area contributed by atoms with Crippen LogP contribution in [0.3, 0.4) is 0 Å². The summed E-state index contributed by atoms with van der Waals surface area (Å²) in [6.07, 6.45) is 2.73. The summed E-state index contributed by atoms with van der Waals surface area (Å²) >= 11 is 11.7. The lowest BCUT2D eigenvalue weighted by Crippen LogP contribution is -2.44. The van der Waals surface area contributed by atoms with E-state index in [2.05, 4.69) is 25.8 Å². The first-order valence-corrected chi connectivity index (χ1v) is 12.1. The van der Waals surface area contributed by atoms with Gasteiger partial charge in [-0.15, -0.1) is 10.2 Å². The van der Waals surface area contributed by atoms with Crippen LogP contribution in [0.5, 0.6) is 0 Å². The molecule has 4 aromatic rings. The summed E-state index contributed by atoms with van der Waals surface area (Å²) in [4.78, 5) is 29.7. The molecule has 0 unspecified atom stereocenters. The molecule has 0 saturated heterocycles. The predicted molar refractivity (Wildman–Crippen MR) is 132 cm³/mol. The van der Waals surface area contributed by atoms with Crippen LogP contribution in [-0.2, 0) is 0 Å². The summed E-state index contributed by atoms with van der Waals surface area (Å²) in [5.74, 6) is -1.55. The molecule has 2 heterocycles. The minimum absolute atomic E-state index is 0.0209. The molecule has 5 rings (SSSR count). The van der Waals surface area contributed by atoms with E-state index in [9.17, 15) is 14.0 Å². The molecule has 0 spiro atoms. The molecular weight excluding hydrogens is 508 g/mol. The van der Waals surface area contributed by atoms with Gasteiger partial charge in [-0.05, 0) is 68.1 Å². The topological polar surface area (TPSA) is 110 Å². The van der Waals surface area contributed by atoms with E-state index in [0.29, 0.717) is 47.5 Å². The largest absolute Gasteiger partial charge is 0.412 e. The summed E-state index contributed by atoms with van der Waals surface area (Å²) in [5.41, 5.74) is 1.36. The number of hydrogen-bond donors (Lipinski definition) is 2. The number of fused-ring (bicyclic) bond motifs is 1. The highest BCUT2D eigenvalue weighted by atomic mass is 35.5. The van der Waals surface area contributed by atoms with E-state index in [1.54, 1.807) is 24.3 Å². The Kier molecular flexibility index (Phi) is 6.84. The van der Waals surface area contributed by atoms with Crippen LogP contribution < -0.4 is 10.6 Å². The first kappa shape index (κ1) is 24.1. The number of nitrogens with zero attached hydrogens (tertiary/aromatic N) is 3. The third-order valence-corrected chi connectivity index (χ3v) is 6.61. The number of aromatic nitrogens is 3. The Hall–Kier alpha value is -3.56. The second-order valence-electron chi connectivity index (χ2n) is 8.57. The quantitative estimate of drug-likeness (QED) is 0.369. The molecular formula is C25H20Cl2FN5O3. The Morgan fingerprint density at radius 1 is 0.889 bits per heavy atom. The fourth-order valence-corrected chi connectivity index (χ4v) is 4.47. The molecule has 2 aromatic heterocycles. The Morgan fingerprint density at radius 3 is 2.33 bits per heavy atom. The maximum Gasteiger partial charge on any atom is 0.309 e. The van der Waals surface area contributed by atoms with Crippen LogP contribution in [0, 0.1) is 5.82 Å². The van der Waals surface area contributed by atoms with Crippen LogP contribution in [0.2, 0.25) is 10.0 Å². The maximum atomic E-state index is 13.7. The lowest BCUT2D eigenvalue weighted by Gasteiger charge is -2.29. The van der Waals surface area contributed by atoms with Crippen LogP contribution in [-0.4, -0.2) is 39.1 Å². The molecule has 0 atom stereocenters. The minimum Gasteiger partial charge on any atom is -0.412 e. The number of halogens is 3. The number of hydrogen-bond acceptors (Lipinski definition) is 6. The molecule has 11 heteroatoms. The van der Waals surface area contributed by atoms with Crippen molar-refractivity contribution in [2.75, 3.05) is 0 Å². The summed E-state index contributed by atoms with van der Waals surface area (Å²) in [5, 5.41) is 15.0. The van der Waals surface area contributed by atoms with Gasteiger partial charge in [0.2, 0.25) is 5.89 Å². The molecule has 2 N–H and O–H groups in total. The fraction of sp³-hybridized carbons (Fsp3) is 0.240. The van der Waals surface area contributed by atoms with Gasteiger partial charge in [0.15, 0.2) is 0 Å². The van der Waals surface area contributed by atoms with Crippen molar-refractivity contribution in [3.8, 4) is 11.5 Å². The number of pyridine rings is 1. The van der Waals surface area contributed by atoms with Crippen molar-refractivity contribution in [1.82, 2.24) is 25.8 Å². The van der Waals surface area contributed by atoms with Gasteiger partial charge < -0.3 is 15.1 Å². The van der Waals surface area contributed by atoms with Crippen molar-refractivity contribution in [2.45, 2.75) is 37.8 Å². The molecule has 1 aliphatic carbocycles. The van der Waals surface area contributed by atoms with Crippen LogP contribution in [0.15, 0.2) is 52.9 Å². The van der Waals surface area contributed by atoms with Crippen molar-refractivity contribution in [3.63, 3.8) is 0 Å². The first-order chi connectivity index (χ1) is 17.4. The Bertz CT molecular complexity index is 1450. The zero-order valence-corrected chi connectivity index (χ0v) is 20.3. The van der Waals surface area contributed by atoms with Crippen LogP contribution in [0.25, 0.3) is 22.4 Å². The average molecular weight is 528 g/mol. The standard InChI is InChI=1S/C25H20Cl2FN5O3/c26-15-3-10-20-13(11-15)2-9-21(31-20)22(34)29-16-4-6-17(7-5-16)30-23(35)25-33-32-24(36-25)14-1-8-18(27)19(28)12-14/h1-3,8-12,16-17H,4-7H2,(H,29,34)(H,30,35). The molecule has 1 saturated carbocycles. The molecule has 1 fully saturated rings. The first-order valence-electron chi connectivity index (χ1n) is 11.3. The molecule has 2 aromatic carbocycles. The molecule has 2 amide bonds. The van der Waals surface area contributed by atoms with E-state index in [4.69, 9.17) is 27.6 Å². The lowest BCUT2D eigenvalue weighted by atomic mass is 9.91. The number of rotatable bonds is 5. The second kappa shape index (κ2) is 10.2. The van der Waals surface area contributed by atoms with Gasteiger partial charge >= 0.3 is 11.8 Å². The summed E-state index contributed by atoms with van der Waals surface area (Å²) in [6.45, 7) is 0. The van der Waals surface area contributed by atoms with Crippen molar-refractivity contribution in [2.24, 2.45) is 0 Å². The zero-order chi connectivity index (χ0) is 25.2. The molecule has 0 bridgehead atoms. The Balaban J connectivity index is 1.13. The van der Waals surface area contributed by atoms with Crippen molar-refractivity contribution in [3.05, 3.63) is 76.0 Å². The van der Waals surface area contributed by atoms with Crippen LogP contribution in [0.1, 0.15) is 46.9 Å². The minimum atomic E-state index is -0.622. The van der Waals surface area contributed by atoms with E-state index in [1.165, 1.54) is 12.1 Å². The molecule has 1 aliphatic rings. The third kappa shape index (κ3) is 5.32. The molecule has 0 radical (unpaired) electrons. The van der Waals surface area contributed by atoms with Gasteiger partial charge in [0.25, 0.3) is 5.91 Å². The van der Waals surface area contributed by atoms with Gasteiger partial charge in [0.05, 0.1) is 10.5 Å². The van der Waals surface area contributed by atoms with Crippen molar-refractivity contribution < 1.29 is 18.4 Å². The predicted octanol–water partition coefficient (Wildman–Crippen LogP) is 5.20. The highest BCUT2D eigenvalue weighted by Gasteiger charge is 2.26. The maximum absolute atomic E-state index is 13.7. The van der Waals surface area contributed by atoms with E-state index >= 15 is 0 Å². The van der Waals surface area contributed by atoms with Gasteiger partial charge in [-0.2, -0.15) is 0 Å². The molecule has 36 heavy (non-hydrogen) atoms. The SMILES string of the molecule is O=C(NC1CCC(NC(=O)c2nnc(-c3ccc(Cl)c(F)c3)o2)CC1)c1ccc2cc(Cl)ccc2n1. The second-order valence-corrected chi connectivity index (χ2v) is 9.41. The fourth-order valence-electron chi connectivity index (χ4n) is 4.17. The average Bonchev–Trinajstić information content (AvgIpc) is 3.37. The van der Waals surface area contributed by atoms with Crippen molar-refractivity contribution in [1.29, 1.82) is 0 Å². The third-order valence-electron chi connectivity index (χ3n) is 6.07. The van der Waals surface area contributed by atoms with Crippen LogP contribution >= 0.6 is 23.2 Å². The van der Waals surface area contributed by atoms with Crippen LogP contribution in [0.4, 0.5) is 4.39 Å². The number of benzene rings is 2. The number of nitrogens with one attached hydrogen (secondary N) is 2. The van der Waals surface area contributed by atoms with E-state index in [1.807, 2.05) is 6.07 Å². The summed E-state index contributed by atoms with van der Waals surface area (Å²) in [6, 6.07) is 12.8. The number of carbonyl (C=O) groups is 2. The van der Waals surface area contributed by atoms with E-state index in [-0.39, 0.29) is 34.8 Å². The highest BCUT2D eigenvalue weighted by molar-refractivity contribution is 6.31. The highest BCUT2D eigenvalue weighted by Crippen LogP contribution is 2.24. The zero-order valence-electron chi connectivity index (χ0n) is 18.8. The van der Waals surface area contributed by atoms with E-state index < -0.39 is 11.7 Å². The normalized spacial score (nSPS) is 17.6. The van der Waals surface area contributed by atoms with Gasteiger partial charge in [-0.25, -0.2) is 9.37 Å². The summed E-state index contributed by atoms with van der Waals surface area (Å²) in [7, 11) is 0. The van der Waals surface area contributed by atoms with Gasteiger partial charge in [0, 0.05) is 28.1 Å². The van der Waals surface area contributed by atoms with Gasteiger partial charge in [0.1, 0.15) is 11.5 Å². The summed E-state index contributed by atoms with van der Waals surface area (Å²) < 4.78 is 19.1. The smallest absolute Gasteiger partial charge is 0.309 e. The number of carbonyl (C=O) groups excluding carboxylic acids is 2. The molecule has 184 valence electrons. The van der Waals surface area contributed by atoms with E-state index in [0.717, 1.165) is 11.5 Å².